The Morgan fingerprint density at radius 1 is 1.17 bits per heavy atom. The number of halogens is 1. The molecule has 3 aromatic rings. The van der Waals surface area contributed by atoms with E-state index in [9.17, 15) is 4.79 Å². The fourth-order valence-corrected chi connectivity index (χ4v) is 3.67. The summed E-state index contributed by atoms with van der Waals surface area (Å²) in [7, 11) is 1.87. The number of benzene rings is 2. The summed E-state index contributed by atoms with van der Waals surface area (Å²) in [5.74, 6) is 1.43. The average Bonchev–Trinajstić information content (AvgIpc) is 3.54. The van der Waals surface area contributed by atoms with Gasteiger partial charge in [0.25, 0.3) is 0 Å². The molecule has 1 amide bonds. The summed E-state index contributed by atoms with van der Waals surface area (Å²) in [6, 6.07) is 17.6. The summed E-state index contributed by atoms with van der Waals surface area (Å²) >= 11 is 6.02. The SMILES string of the molecule is CC(C)C(=O)N(Cc1c(-c2ccccc2)nn(C)c1Oc1ccc(Cl)cc1)C1CC1. The molecule has 0 spiro atoms. The van der Waals surface area contributed by atoms with Crippen molar-refractivity contribution in [2.75, 3.05) is 0 Å². The van der Waals surface area contributed by atoms with E-state index in [4.69, 9.17) is 21.4 Å². The van der Waals surface area contributed by atoms with Gasteiger partial charge in [-0.15, -0.1) is 0 Å². The number of aromatic nitrogens is 2. The lowest BCUT2D eigenvalue weighted by Gasteiger charge is -2.25. The van der Waals surface area contributed by atoms with Crippen molar-refractivity contribution >= 4 is 17.5 Å². The molecule has 0 atom stereocenters. The first-order valence-corrected chi connectivity index (χ1v) is 10.7. The van der Waals surface area contributed by atoms with Crippen LogP contribution in [-0.2, 0) is 18.4 Å². The third-order valence-electron chi connectivity index (χ3n) is 5.26. The molecular formula is C24H26ClN3O2. The van der Waals surface area contributed by atoms with Crippen LogP contribution in [-0.4, -0.2) is 26.6 Å². The van der Waals surface area contributed by atoms with E-state index in [2.05, 4.69) is 0 Å². The van der Waals surface area contributed by atoms with E-state index in [1.54, 1.807) is 16.8 Å². The van der Waals surface area contributed by atoms with Gasteiger partial charge in [-0.2, -0.15) is 5.10 Å². The van der Waals surface area contributed by atoms with Gasteiger partial charge in [0.05, 0.1) is 12.1 Å². The minimum Gasteiger partial charge on any atom is -0.439 e. The first kappa shape index (κ1) is 20.5. The summed E-state index contributed by atoms with van der Waals surface area (Å²) in [6.45, 7) is 4.37. The molecule has 1 aliphatic carbocycles. The van der Waals surface area contributed by atoms with Crippen LogP contribution in [0.3, 0.4) is 0 Å². The number of ether oxygens (including phenoxy) is 1. The molecule has 0 N–H and O–H groups in total. The first-order valence-electron chi connectivity index (χ1n) is 10.3. The first-order chi connectivity index (χ1) is 14.4. The van der Waals surface area contributed by atoms with E-state index in [-0.39, 0.29) is 11.8 Å². The second kappa shape index (κ2) is 8.52. The van der Waals surface area contributed by atoms with Crippen molar-refractivity contribution in [3.8, 4) is 22.9 Å². The number of carbonyl (C=O) groups excluding carboxylic acids is 1. The molecule has 5 nitrogen and oxygen atoms in total. The summed E-state index contributed by atoms with van der Waals surface area (Å²) in [5.41, 5.74) is 2.76. The van der Waals surface area contributed by atoms with Gasteiger partial charge in [0.1, 0.15) is 11.4 Å². The quantitative estimate of drug-likeness (QED) is 0.491. The summed E-state index contributed by atoms with van der Waals surface area (Å²) in [4.78, 5) is 14.9. The molecular weight excluding hydrogens is 398 g/mol. The Morgan fingerprint density at radius 2 is 1.83 bits per heavy atom. The van der Waals surface area contributed by atoms with Crippen molar-refractivity contribution in [1.82, 2.24) is 14.7 Å². The Balaban J connectivity index is 1.76. The van der Waals surface area contributed by atoms with Crippen LogP contribution >= 0.6 is 11.6 Å². The smallest absolute Gasteiger partial charge is 0.225 e. The summed E-state index contributed by atoms with van der Waals surface area (Å²) < 4.78 is 7.99. The lowest BCUT2D eigenvalue weighted by Crippen LogP contribution is -2.35. The molecule has 0 aliphatic heterocycles. The molecule has 1 heterocycles. The van der Waals surface area contributed by atoms with Crippen molar-refractivity contribution in [2.45, 2.75) is 39.3 Å². The van der Waals surface area contributed by atoms with Crippen LogP contribution in [0.25, 0.3) is 11.3 Å². The van der Waals surface area contributed by atoms with E-state index < -0.39 is 0 Å². The number of aryl methyl sites for hydroxylation is 1. The van der Waals surface area contributed by atoms with Crippen LogP contribution in [0.4, 0.5) is 0 Å². The molecule has 0 saturated heterocycles. The maximum absolute atomic E-state index is 12.9. The largest absolute Gasteiger partial charge is 0.439 e. The fraction of sp³-hybridized carbons (Fsp3) is 0.333. The highest BCUT2D eigenvalue weighted by atomic mass is 35.5. The van der Waals surface area contributed by atoms with Crippen molar-refractivity contribution in [3.05, 3.63) is 65.2 Å². The van der Waals surface area contributed by atoms with Crippen molar-refractivity contribution in [3.63, 3.8) is 0 Å². The lowest BCUT2D eigenvalue weighted by atomic mass is 10.1. The van der Waals surface area contributed by atoms with E-state index in [1.165, 1.54) is 0 Å². The molecule has 0 radical (unpaired) electrons. The van der Waals surface area contributed by atoms with Gasteiger partial charge in [0.2, 0.25) is 11.8 Å². The van der Waals surface area contributed by atoms with Crippen molar-refractivity contribution < 1.29 is 9.53 Å². The normalized spacial score (nSPS) is 13.5. The zero-order chi connectivity index (χ0) is 21.3. The van der Waals surface area contributed by atoms with Gasteiger partial charge in [-0.05, 0) is 37.1 Å². The highest BCUT2D eigenvalue weighted by Gasteiger charge is 2.35. The molecule has 1 aromatic heterocycles. The topological polar surface area (TPSA) is 47.4 Å². The fourth-order valence-electron chi connectivity index (χ4n) is 3.54. The number of carbonyl (C=O) groups is 1. The van der Waals surface area contributed by atoms with Crippen LogP contribution in [0.1, 0.15) is 32.3 Å². The third kappa shape index (κ3) is 4.36. The average molecular weight is 424 g/mol. The number of hydrogen-bond donors (Lipinski definition) is 0. The second-order valence-electron chi connectivity index (χ2n) is 8.03. The summed E-state index contributed by atoms with van der Waals surface area (Å²) in [6.07, 6.45) is 2.10. The van der Waals surface area contributed by atoms with E-state index in [0.717, 1.165) is 29.7 Å². The summed E-state index contributed by atoms with van der Waals surface area (Å²) in [5, 5.41) is 5.41. The van der Waals surface area contributed by atoms with Gasteiger partial charge in [-0.1, -0.05) is 55.8 Å². The molecule has 1 aliphatic rings. The van der Waals surface area contributed by atoms with Gasteiger partial charge in [-0.3, -0.25) is 4.79 Å². The molecule has 0 unspecified atom stereocenters. The van der Waals surface area contributed by atoms with Gasteiger partial charge in [0.15, 0.2) is 0 Å². The molecule has 1 fully saturated rings. The molecule has 1 saturated carbocycles. The molecule has 4 rings (SSSR count). The molecule has 30 heavy (non-hydrogen) atoms. The minimum atomic E-state index is -0.0527. The van der Waals surface area contributed by atoms with Gasteiger partial charge < -0.3 is 9.64 Å². The number of rotatable bonds is 7. The molecule has 6 heteroatoms. The Bertz CT molecular complexity index is 1020. The highest BCUT2D eigenvalue weighted by Crippen LogP contribution is 2.37. The monoisotopic (exact) mass is 423 g/mol. The standard InChI is InChI=1S/C24H26ClN3O2/c1-16(2)23(29)28(19-11-12-19)15-21-22(17-7-5-4-6-8-17)26-27(3)24(21)30-20-13-9-18(25)10-14-20/h4-10,13-14,16,19H,11-12,15H2,1-3H3. The molecule has 156 valence electrons. The lowest BCUT2D eigenvalue weighted by molar-refractivity contribution is -0.135. The number of hydrogen-bond acceptors (Lipinski definition) is 3. The second-order valence-corrected chi connectivity index (χ2v) is 8.47. The number of amides is 1. The van der Waals surface area contributed by atoms with Crippen molar-refractivity contribution in [1.29, 1.82) is 0 Å². The molecule has 0 bridgehead atoms. The Kier molecular flexibility index (Phi) is 5.82. The zero-order valence-electron chi connectivity index (χ0n) is 17.5. The van der Waals surface area contributed by atoms with Gasteiger partial charge in [0, 0.05) is 29.6 Å². The highest BCUT2D eigenvalue weighted by molar-refractivity contribution is 6.30. The Labute approximate surface area is 182 Å². The van der Waals surface area contributed by atoms with Crippen LogP contribution < -0.4 is 4.74 Å². The predicted molar refractivity (Wildman–Crippen MR) is 119 cm³/mol. The van der Waals surface area contributed by atoms with Crippen LogP contribution in [0.5, 0.6) is 11.6 Å². The Hall–Kier alpha value is -2.79. The van der Waals surface area contributed by atoms with E-state index >= 15 is 0 Å². The van der Waals surface area contributed by atoms with E-state index in [1.807, 2.05) is 68.3 Å². The van der Waals surface area contributed by atoms with Crippen LogP contribution in [0, 0.1) is 5.92 Å². The van der Waals surface area contributed by atoms with Gasteiger partial charge in [-0.25, -0.2) is 4.68 Å². The van der Waals surface area contributed by atoms with E-state index in [0.29, 0.717) is 29.2 Å². The minimum absolute atomic E-state index is 0.0527. The maximum Gasteiger partial charge on any atom is 0.225 e. The third-order valence-corrected chi connectivity index (χ3v) is 5.51. The predicted octanol–water partition coefficient (Wildman–Crippen LogP) is 5.68. The van der Waals surface area contributed by atoms with Gasteiger partial charge >= 0.3 is 0 Å². The maximum atomic E-state index is 12.9. The van der Waals surface area contributed by atoms with Crippen molar-refractivity contribution in [2.24, 2.45) is 13.0 Å². The van der Waals surface area contributed by atoms with Crippen LogP contribution in [0.2, 0.25) is 5.02 Å². The van der Waals surface area contributed by atoms with Crippen LogP contribution in [0.15, 0.2) is 54.6 Å². The molecule has 2 aromatic carbocycles. The number of nitrogens with zero attached hydrogens (tertiary/aromatic N) is 3. The zero-order valence-corrected chi connectivity index (χ0v) is 18.3. The Morgan fingerprint density at radius 3 is 2.43 bits per heavy atom.